The normalized spacial score (nSPS) is 11.2. The van der Waals surface area contributed by atoms with Crippen molar-refractivity contribution in [3.63, 3.8) is 0 Å². The lowest BCUT2D eigenvalue weighted by atomic mass is 10.2. The molecule has 0 aliphatic carbocycles. The van der Waals surface area contributed by atoms with Gasteiger partial charge in [-0.25, -0.2) is 8.42 Å². The minimum Gasteiger partial charge on any atom is -0.545 e. The predicted molar refractivity (Wildman–Crippen MR) is 82.8 cm³/mol. The fraction of sp³-hybridized carbons (Fsp3) is 0.0714. The highest BCUT2D eigenvalue weighted by Crippen LogP contribution is 2.30. The first-order valence-electron chi connectivity index (χ1n) is 5.99. The van der Waals surface area contributed by atoms with Crippen LogP contribution < -0.4 is 9.41 Å². The number of anilines is 1. The molecule has 0 heterocycles. The van der Waals surface area contributed by atoms with Gasteiger partial charge < -0.3 is 9.90 Å². The van der Waals surface area contributed by atoms with Gasteiger partial charge in [-0.15, -0.1) is 0 Å². The molecule has 2 aromatic carbocycles. The van der Waals surface area contributed by atoms with E-state index in [1.807, 2.05) is 0 Å². The fourth-order valence-corrected chi connectivity index (χ4v) is 3.56. The Labute approximate surface area is 137 Å². The third kappa shape index (κ3) is 3.04. The Bertz CT molecular complexity index is 836. The zero-order valence-electron chi connectivity index (χ0n) is 11.3. The SMILES string of the molecule is CN(c1ccccc1Cl)S(=O)(=O)c1ccc(Cl)c(C(=O)[O-])c1. The minimum absolute atomic E-state index is 0.0978. The molecule has 0 bridgehead atoms. The van der Waals surface area contributed by atoms with Crippen molar-refractivity contribution >= 4 is 44.9 Å². The molecule has 0 saturated heterocycles. The number of carboxylic acids is 1. The van der Waals surface area contributed by atoms with Crippen LogP contribution in [0.5, 0.6) is 0 Å². The molecule has 0 saturated carbocycles. The summed E-state index contributed by atoms with van der Waals surface area (Å²) in [5.41, 5.74) is -0.121. The van der Waals surface area contributed by atoms with Crippen LogP contribution in [0.25, 0.3) is 0 Å². The molecule has 8 heteroatoms. The monoisotopic (exact) mass is 358 g/mol. The van der Waals surface area contributed by atoms with E-state index >= 15 is 0 Å². The summed E-state index contributed by atoms with van der Waals surface area (Å²) in [6, 6.07) is 9.77. The molecular weight excluding hydrogens is 349 g/mol. The lowest BCUT2D eigenvalue weighted by Crippen LogP contribution is -2.28. The van der Waals surface area contributed by atoms with Crippen LogP contribution in [-0.2, 0) is 10.0 Å². The van der Waals surface area contributed by atoms with Crippen molar-refractivity contribution in [1.82, 2.24) is 0 Å². The highest BCUT2D eigenvalue weighted by atomic mass is 35.5. The van der Waals surface area contributed by atoms with Crippen molar-refractivity contribution in [3.05, 3.63) is 58.1 Å². The molecule has 0 unspecified atom stereocenters. The van der Waals surface area contributed by atoms with Gasteiger partial charge in [-0.2, -0.15) is 0 Å². The largest absolute Gasteiger partial charge is 0.545 e. The zero-order chi connectivity index (χ0) is 16.5. The molecule has 0 aromatic heterocycles. The van der Waals surface area contributed by atoms with Gasteiger partial charge in [-0.1, -0.05) is 35.3 Å². The molecule has 2 rings (SSSR count). The van der Waals surface area contributed by atoms with E-state index in [0.29, 0.717) is 0 Å². The highest BCUT2D eigenvalue weighted by Gasteiger charge is 2.23. The zero-order valence-corrected chi connectivity index (χ0v) is 13.6. The van der Waals surface area contributed by atoms with E-state index in [2.05, 4.69) is 0 Å². The Balaban J connectivity index is 2.54. The van der Waals surface area contributed by atoms with Crippen LogP contribution in [0.4, 0.5) is 5.69 Å². The number of carbonyl (C=O) groups is 1. The number of nitrogens with zero attached hydrogens (tertiary/aromatic N) is 1. The number of hydrogen-bond donors (Lipinski definition) is 0. The second-order valence-corrected chi connectivity index (χ2v) is 7.14. The van der Waals surface area contributed by atoms with E-state index in [0.717, 1.165) is 10.4 Å². The smallest absolute Gasteiger partial charge is 0.264 e. The Morgan fingerprint density at radius 2 is 1.73 bits per heavy atom. The molecule has 0 radical (unpaired) electrons. The van der Waals surface area contributed by atoms with Gasteiger partial charge in [-0.3, -0.25) is 4.31 Å². The van der Waals surface area contributed by atoms with Crippen molar-refractivity contribution in [2.24, 2.45) is 0 Å². The van der Waals surface area contributed by atoms with Crippen LogP contribution in [0.15, 0.2) is 47.4 Å². The number of para-hydroxylation sites is 1. The lowest BCUT2D eigenvalue weighted by molar-refractivity contribution is -0.255. The first-order valence-corrected chi connectivity index (χ1v) is 8.19. The standard InChI is InChI=1S/C14H11Cl2NO4S/c1-17(13-5-3-2-4-12(13)16)22(20,21)9-6-7-11(15)10(8-9)14(18)19/h2-8H,1H3,(H,18,19)/p-1. The summed E-state index contributed by atoms with van der Waals surface area (Å²) in [7, 11) is -2.66. The number of halogens is 2. The molecule has 0 fully saturated rings. The van der Waals surface area contributed by atoms with Crippen LogP contribution in [0.1, 0.15) is 10.4 Å². The molecule has 5 nitrogen and oxygen atoms in total. The molecule has 116 valence electrons. The molecule has 2 aromatic rings. The van der Waals surface area contributed by atoms with Gasteiger partial charge in [0.15, 0.2) is 0 Å². The lowest BCUT2D eigenvalue weighted by Gasteiger charge is -2.21. The quantitative estimate of drug-likeness (QED) is 0.838. The first kappa shape index (κ1) is 16.6. The number of carbonyl (C=O) groups excluding carboxylic acids is 1. The number of benzene rings is 2. The number of rotatable bonds is 4. The molecule has 0 aliphatic rings. The number of aromatic carboxylic acids is 1. The molecule has 0 N–H and O–H groups in total. The average molecular weight is 359 g/mol. The number of hydrogen-bond acceptors (Lipinski definition) is 4. The highest BCUT2D eigenvalue weighted by molar-refractivity contribution is 7.92. The van der Waals surface area contributed by atoms with E-state index < -0.39 is 21.6 Å². The van der Waals surface area contributed by atoms with Gasteiger partial charge in [-0.05, 0) is 30.3 Å². The van der Waals surface area contributed by atoms with Crippen molar-refractivity contribution < 1.29 is 18.3 Å². The molecule has 22 heavy (non-hydrogen) atoms. The third-order valence-electron chi connectivity index (χ3n) is 3.01. The second kappa shape index (κ2) is 6.16. The van der Waals surface area contributed by atoms with Crippen LogP contribution >= 0.6 is 23.2 Å². The average Bonchev–Trinajstić information content (AvgIpc) is 2.47. The predicted octanol–water partition coefficient (Wildman–Crippen LogP) is 2.18. The maximum Gasteiger partial charge on any atom is 0.264 e. The minimum atomic E-state index is -3.99. The van der Waals surface area contributed by atoms with Gasteiger partial charge in [0, 0.05) is 17.6 Å². The maximum atomic E-state index is 12.6. The van der Waals surface area contributed by atoms with Crippen LogP contribution in [0.3, 0.4) is 0 Å². The van der Waals surface area contributed by atoms with E-state index in [-0.39, 0.29) is 20.6 Å². The number of sulfonamides is 1. The van der Waals surface area contributed by atoms with Gasteiger partial charge >= 0.3 is 0 Å². The topological polar surface area (TPSA) is 77.5 Å². The number of carboxylic acid groups (broad SMARTS) is 1. The van der Waals surface area contributed by atoms with Crippen LogP contribution in [0, 0.1) is 0 Å². The first-order chi connectivity index (χ1) is 10.2. The Hall–Kier alpha value is -1.76. The maximum absolute atomic E-state index is 12.6. The molecule has 0 aliphatic heterocycles. The van der Waals surface area contributed by atoms with Gasteiger partial charge in [0.05, 0.1) is 21.6 Å². The van der Waals surface area contributed by atoms with Gasteiger partial charge in [0.25, 0.3) is 10.0 Å². The Morgan fingerprint density at radius 1 is 1.09 bits per heavy atom. The molecule has 0 atom stereocenters. The van der Waals surface area contributed by atoms with Crippen LogP contribution in [0.2, 0.25) is 10.0 Å². The summed E-state index contributed by atoms with van der Waals surface area (Å²) in [6.45, 7) is 0. The van der Waals surface area contributed by atoms with Crippen LogP contribution in [-0.4, -0.2) is 21.4 Å². The summed E-state index contributed by atoms with van der Waals surface area (Å²) < 4.78 is 26.1. The second-order valence-electron chi connectivity index (χ2n) is 4.35. The fourth-order valence-electron chi connectivity index (χ4n) is 1.82. The molecule has 0 spiro atoms. The summed E-state index contributed by atoms with van der Waals surface area (Å²) >= 11 is 11.7. The van der Waals surface area contributed by atoms with Crippen molar-refractivity contribution in [2.75, 3.05) is 11.4 Å². The molecule has 0 amide bonds. The summed E-state index contributed by atoms with van der Waals surface area (Å²) in [5.74, 6) is -1.55. The summed E-state index contributed by atoms with van der Waals surface area (Å²) in [5, 5.41) is 11.1. The van der Waals surface area contributed by atoms with Gasteiger partial charge in [0.1, 0.15) is 0 Å². The third-order valence-corrected chi connectivity index (χ3v) is 5.42. The van der Waals surface area contributed by atoms with E-state index in [9.17, 15) is 18.3 Å². The van der Waals surface area contributed by atoms with Crippen molar-refractivity contribution in [2.45, 2.75) is 4.90 Å². The van der Waals surface area contributed by atoms with E-state index in [4.69, 9.17) is 23.2 Å². The van der Waals surface area contributed by atoms with Crippen molar-refractivity contribution in [3.8, 4) is 0 Å². The van der Waals surface area contributed by atoms with Crippen molar-refractivity contribution in [1.29, 1.82) is 0 Å². The van der Waals surface area contributed by atoms with Gasteiger partial charge in [0.2, 0.25) is 0 Å². The Kier molecular flexibility index (Phi) is 4.65. The summed E-state index contributed by atoms with van der Waals surface area (Å²) in [6.07, 6.45) is 0. The van der Waals surface area contributed by atoms with E-state index in [1.165, 1.54) is 25.2 Å². The van der Waals surface area contributed by atoms with E-state index in [1.54, 1.807) is 18.2 Å². The Morgan fingerprint density at radius 3 is 2.32 bits per heavy atom. The summed E-state index contributed by atoms with van der Waals surface area (Å²) in [4.78, 5) is 10.7. The molecular formula is C14H10Cl2NO4S-.